The molecule has 1 aliphatic heterocycles. The minimum atomic E-state index is 0.0670. The van der Waals surface area contributed by atoms with E-state index in [0.29, 0.717) is 12.6 Å². The number of aromatic nitrogens is 1. The maximum absolute atomic E-state index is 11.4. The maximum atomic E-state index is 11.4. The summed E-state index contributed by atoms with van der Waals surface area (Å²) in [5, 5.41) is 2.83. The highest BCUT2D eigenvalue weighted by Gasteiger charge is 2.35. The van der Waals surface area contributed by atoms with Crippen molar-refractivity contribution in [2.24, 2.45) is 0 Å². The van der Waals surface area contributed by atoms with E-state index in [1.807, 2.05) is 12.1 Å². The number of pyridine rings is 1. The average Bonchev–Trinajstić information content (AvgIpc) is 2.99. The van der Waals surface area contributed by atoms with Gasteiger partial charge in [-0.15, -0.1) is 0 Å². The Bertz CT molecular complexity index is 387. The standard InChI is InChI=1S/C10H11N3O/c14-9-6-13(7-3-4-7)10-8(12-9)2-1-5-11-10/h1-2,5,7H,3-4,6H2,(H,12,14). The van der Waals surface area contributed by atoms with Crippen molar-refractivity contribution >= 4 is 17.4 Å². The zero-order chi connectivity index (χ0) is 9.54. The van der Waals surface area contributed by atoms with Crippen LogP contribution in [-0.2, 0) is 4.79 Å². The number of fused-ring (bicyclic) bond motifs is 1. The fourth-order valence-electron chi connectivity index (χ4n) is 1.83. The van der Waals surface area contributed by atoms with Gasteiger partial charge in [0.15, 0.2) is 5.82 Å². The zero-order valence-corrected chi connectivity index (χ0v) is 7.73. The fourth-order valence-corrected chi connectivity index (χ4v) is 1.83. The lowest BCUT2D eigenvalue weighted by molar-refractivity contribution is -0.115. The molecule has 0 atom stereocenters. The largest absolute Gasteiger partial charge is 0.343 e. The predicted molar refractivity (Wildman–Crippen MR) is 53.2 cm³/mol. The van der Waals surface area contributed by atoms with Crippen molar-refractivity contribution in [3.63, 3.8) is 0 Å². The molecule has 4 nitrogen and oxygen atoms in total. The van der Waals surface area contributed by atoms with Gasteiger partial charge in [-0.3, -0.25) is 4.79 Å². The van der Waals surface area contributed by atoms with Crippen molar-refractivity contribution in [2.45, 2.75) is 18.9 Å². The van der Waals surface area contributed by atoms with Gasteiger partial charge in [-0.1, -0.05) is 0 Å². The average molecular weight is 189 g/mol. The summed E-state index contributed by atoms with van der Waals surface area (Å²) in [6, 6.07) is 4.28. The molecule has 0 radical (unpaired) electrons. The van der Waals surface area contributed by atoms with Crippen molar-refractivity contribution in [1.29, 1.82) is 0 Å². The third kappa shape index (κ3) is 1.14. The summed E-state index contributed by atoms with van der Waals surface area (Å²) < 4.78 is 0. The van der Waals surface area contributed by atoms with Gasteiger partial charge in [0.05, 0.1) is 12.2 Å². The molecule has 0 bridgehead atoms. The number of amides is 1. The summed E-state index contributed by atoms with van der Waals surface area (Å²) in [6.07, 6.45) is 4.14. The van der Waals surface area contributed by atoms with Gasteiger partial charge in [0, 0.05) is 12.2 Å². The lowest BCUT2D eigenvalue weighted by atomic mass is 10.2. The van der Waals surface area contributed by atoms with Crippen LogP contribution in [0.4, 0.5) is 11.5 Å². The molecule has 0 spiro atoms. The Labute approximate surface area is 81.9 Å². The van der Waals surface area contributed by atoms with Crippen LogP contribution in [0, 0.1) is 0 Å². The number of hydrogen-bond acceptors (Lipinski definition) is 3. The molecule has 3 rings (SSSR count). The summed E-state index contributed by atoms with van der Waals surface area (Å²) in [5.41, 5.74) is 0.843. The number of rotatable bonds is 1. The van der Waals surface area contributed by atoms with Gasteiger partial charge in [0.1, 0.15) is 0 Å². The van der Waals surface area contributed by atoms with Crippen LogP contribution >= 0.6 is 0 Å². The van der Waals surface area contributed by atoms with E-state index in [2.05, 4.69) is 15.2 Å². The molecule has 4 heteroatoms. The lowest BCUT2D eigenvalue weighted by Crippen LogP contribution is -2.40. The van der Waals surface area contributed by atoms with E-state index in [1.165, 1.54) is 12.8 Å². The molecule has 1 aromatic heterocycles. The molecule has 1 aliphatic carbocycles. The highest BCUT2D eigenvalue weighted by atomic mass is 16.2. The van der Waals surface area contributed by atoms with E-state index < -0.39 is 0 Å². The number of nitrogens with zero attached hydrogens (tertiary/aromatic N) is 2. The maximum Gasteiger partial charge on any atom is 0.244 e. The molecule has 2 aliphatic rings. The number of carbonyl (C=O) groups excluding carboxylic acids is 1. The SMILES string of the molecule is O=C1CN(C2CC2)c2ncccc2N1. The van der Waals surface area contributed by atoms with Crippen LogP contribution in [0.3, 0.4) is 0 Å². The molecule has 0 unspecified atom stereocenters. The van der Waals surface area contributed by atoms with E-state index in [1.54, 1.807) is 6.20 Å². The van der Waals surface area contributed by atoms with Gasteiger partial charge in [0.2, 0.25) is 5.91 Å². The van der Waals surface area contributed by atoms with E-state index in [9.17, 15) is 4.79 Å². The quantitative estimate of drug-likeness (QED) is 0.717. The molecule has 2 heterocycles. The number of carbonyl (C=O) groups is 1. The van der Waals surface area contributed by atoms with E-state index in [0.717, 1.165) is 11.5 Å². The smallest absolute Gasteiger partial charge is 0.244 e. The molecule has 0 saturated heterocycles. The van der Waals surface area contributed by atoms with Crippen LogP contribution in [0.25, 0.3) is 0 Å². The number of anilines is 2. The molecular weight excluding hydrogens is 178 g/mol. The van der Waals surface area contributed by atoms with Gasteiger partial charge in [-0.2, -0.15) is 0 Å². The summed E-state index contributed by atoms with van der Waals surface area (Å²) in [5.74, 6) is 0.993. The van der Waals surface area contributed by atoms with Crippen LogP contribution in [0.1, 0.15) is 12.8 Å². The third-order valence-electron chi connectivity index (χ3n) is 2.63. The second-order valence-electron chi connectivity index (χ2n) is 3.78. The summed E-state index contributed by atoms with van der Waals surface area (Å²) in [7, 11) is 0. The zero-order valence-electron chi connectivity index (χ0n) is 7.73. The second-order valence-corrected chi connectivity index (χ2v) is 3.78. The Morgan fingerprint density at radius 3 is 3.14 bits per heavy atom. The van der Waals surface area contributed by atoms with Crippen LogP contribution in [0.2, 0.25) is 0 Å². The number of nitrogens with one attached hydrogen (secondary N) is 1. The first-order valence-electron chi connectivity index (χ1n) is 4.86. The summed E-state index contributed by atoms with van der Waals surface area (Å²) in [6.45, 7) is 0.453. The van der Waals surface area contributed by atoms with E-state index >= 15 is 0 Å². The second kappa shape index (κ2) is 2.70. The van der Waals surface area contributed by atoms with Gasteiger partial charge >= 0.3 is 0 Å². The third-order valence-corrected chi connectivity index (χ3v) is 2.63. The number of hydrogen-bond donors (Lipinski definition) is 1. The molecule has 72 valence electrons. The fraction of sp³-hybridized carbons (Fsp3) is 0.400. The lowest BCUT2D eigenvalue weighted by Gasteiger charge is -2.29. The Balaban J connectivity index is 2.04. The van der Waals surface area contributed by atoms with Crippen molar-refractivity contribution in [3.05, 3.63) is 18.3 Å². The minimum absolute atomic E-state index is 0.0670. The monoisotopic (exact) mass is 189 g/mol. The molecule has 1 amide bonds. The Kier molecular flexibility index (Phi) is 1.50. The van der Waals surface area contributed by atoms with Crippen LogP contribution in [0.5, 0.6) is 0 Å². The molecular formula is C10H11N3O. The van der Waals surface area contributed by atoms with Gasteiger partial charge in [-0.05, 0) is 25.0 Å². The molecule has 14 heavy (non-hydrogen) atoms. The van der Waals surface area contributed by atoms with Crippen LogP contribution in [-0.4, -0.2) is 23.5 Å². The summed E-state index contributed by atoms with van der Waals surface area (Å²) in [4.78, 5) is 17.8. The van der Waals surface area contributed by atoms with E-state index in [4.69, 9.17) is 0 Å². The molecule has 1 N–H and O–H groups in total. The van der Waals surface area contributed by atoms with Gasteiger partial charge in [-0.25, -0.2) is 4.98 Å². The van der Waals surface area contributed by atoms with Crippen molar-refractivity contribution < 1.29 is 4.79 Å². The molecule has 1 saturated carbocycles. The molecule has 1 aromatic rings. The van der Waals surface area contributed by atoms with Crippen molar-refractivity contribution in [2.75, 3.05) is 16.8 Å². The molecule has 0 aromatic carbocycles. The predicted octanol–water partition coefficient (Wildman–Crippen LogP) is 1.00. The van der Waals surface area contributed by atoms with Gasteiger partial charge < -0.3 is 10.2 Å². The normalized spacial score (nSPS) is 20.3. The van der Waals surface area contributed by atoms with Crippen molar-refractivity contribution in [1.82, 2.24) is 4.98 Å². The topological polar surface area (TPSA) is 45.2 Å². The highest BCUT2D eigenvalue weighted by molar-refractivity contribution is 6.00. The summed E-state index contributed by atoms with van der Waals surface area (Å²) >= 11 is 0. The first-order chi connectivity index (χ1) is 6.84. The Morgan fingerprint density at radius 1 is 1.50 bits per heavy atom. The Hall–Kier alpha value is -1.58. The van der Waals surface area contributed by atoms with Crippen LogP contribution < -0.4 is 10.2 Å². The van der Waals surface area contributed by atoms with Crippen molar-refractivity contribution in [3.8, 4) is 0 Å². The highest BCUT2D eigenvalue weighted by Crippen LogP contribution is 2.35. The van der Waals surface area contributed by atoms with Crippen LogP contribution in [0.15, 0.2) is 18.3 Å². The van der Waals surface area contributed by atoms with E-state index in [-0.39, 0.29) is 5.91 Å². The first-order valence-corrected chi connectivity index (χ1v) is 4.86. The minimum Gasteiger partial charge on any atom is -0.343 e. The molecule has 1 fully saturated rings. The van der Waals surface area contributed by atoms with Gasteiger partial charge in [0.25, 0.3) is 0 Å². The Morgan fingerprint density at radius 2 is 2.36 bits per heavy atom. The first kappa shape index (κ1) is 7.79.